The number of fused-ring (bicyclic) bond motifs is 1. The molecular formula is C29H25ClN6O4. The zero-order valence-corrected chi connectivity index (χ0v) is 22.8. The van der Waals surface area contributed by atoms with Crippen molar-refractivity contribution in [1.82, 2.24) is 14.9 Å². The van der Waals surface area contributed by atoms with E-state index in [-0.39, 0.29) is 41.5 Å². The first-order chi connectivity index (χ1) is 19.2. The van der Waals surface area contributed by atoms with Gasteiger partial charge in [0.2, 0.25) is 17.4 Å². The van der Waals surface area contributed by atoms with E-state index >= 15 is 0 Å². The van der Waals surface area contributed by atoms with Gasteiger partial charge in [0.05, 0.1) is 24.2 Å². The van der Waals surface area contributed by atoms with Crippen molar-refractivity contribution in [3.63, 3.8) is 0 Å². The summed E-state index contributed by atoms with van der Waals surface area (Å²) in [5.74, 6) is 0.683. The highest BCUT2D eigenvalue weighted by Gasteiger charge is 2.32. The van der Waals surface area contributed by atoms with Gasteiger partial charge in [0.1, 0.15) is 11.6 Å². The van der Waals surface area contributed by atoms with Crippen molar-refractivity contribution in [1.29, 1.82) is 0 Å². The van der Waals surface area contributed by atoms with Crippen LogP contribution in [0.1, 0.15) is 28.5 Å². The van der Waals surface area contributed by atoms with Crippen LogP contribution in [0.3, 0.4) is 0 Å². The smallest absolute Gasteiger partial charge is 0.291 e. The third-order valence-corrected chi connectivity index (χ3v) is 6.99. The van der Waals surface area contributed by atoms with Gasteiger partial charge >= 0.3 is 0 Å². The molecular weight excluding hydrogens is 532 g/mol. The largest absolute Gasteiger partial charge is 0.494 e. The fourth-order valence-corrected chi connectivity index (χ4v) is 4.76. The molecule has 4 aromatic rings. The van der Waals surface area contributed by atoms with Gasteiger partial charge in [-0.1, -0.05) is 29.8 Å². The lowest BCUT2D eigenvalue weighted by Gasteiger charge is -2.19. The molecule has 1 atom stereocenters. The van der Waals surface area contributed by atoms with Crippen molar-refractivity contribution >= 4 is 51.5 Å². The van der Waals surface area contributed by atoms with Gasteiger partial charge < -0.3 is 25.0 Å². The van der Waals surface area contributed by atoms with Gasteiger partial charge in [-0.2, -0.15) is 0 Å². The van der Waals surface area contributed by atoms with E-state index < -0.39 is 0 Å². The summed E-state index contributed by atoms with van der Waals surface area (Å²) < 4.78 is 11.4. The number of hydrogen-bond acceptors (Lipinski definition) is 7. The maximum Gasteiger partial charge on any atom is 0.291 e. The first kappa shape index (κ1) is 26.7. The van der Waals surface area contributed by atoms with E-state index in [1.54, 1.807) is 67.5 Å². The second-order valence-corrected chi connectivity index (χ2v) is 9.86. The summed E-state index contributed by atoms with van der Waals surface area (Å²) in [6.07, 6.45) is 0.281. The number of aromatic nitrogens is 2. The summed E-state index contributed by atoms with van der Waals surface area (Å²) in [6, 6.07) is 15.7. The van der Waals surface area contributed by atoms with Gasteiger partial charge in [-0.15, -0.1) is 0 Å². The van der Waals surface area contributed by atoms with Gasteiger partial charge in [-0.25, -0.2) is 14.8 Å². The van der Waals surface area contributed by atoms with Gasteiger partial charge in [0.25, 0.3) is 5.91 Å². The zero-order valence-electron chi connectivity index (χ0n) is 22.0. The number of anilines is 2. The number of halogens is 1. The Morgan fingerprint density at radius 2 is 1.95 bits per heavy atom. The maximum atomic E-state index is 13.1. The van der Waals surface area contributed by atoms with E-state index in [1.807, 2.05) is 6.07 Å². The molecule has 1 fully saturated rings. The van der Waals surface area contributed by atoms with Gasteiger partial charge in [-0.05, 0) is 42.0 Å². The second kappa shape index (κ2) is 10.7. The molecule has 10 nitrogen and oxygen atoms in total. The fourth-order valence-electron chi connectivity index (χ4n) is 4.60. The van der Waals surface area contributed by atoms with E-state index in [9.17, 15) is 9.59 Å². The summed E-state index contributed by atoms with van der Waals surface area (Å²) in [5.41, 5.74) is 8.50. The highest BCUT2D eigenvalue weighted by atomic mass is 35.5. The molecule has 1 saturated heterocycles. The third kappa shape index (κ3) is 4.95. The normalized spacial score (nSPS) is 14.7. The van der Waals surface area contributed by atoms with Crippen molar-refractivity contribution < 1.29 is 19.1 Å². The van der Waals surface area contributed by atoms with Crippen LogP contribution in [0.25, 0.3) is 15.7 Å². The van der Waals surface area contributed by atoms with E-state index in [1.165, 1.54) is 12.0 Å². The predicted molar refractivity (Wildman–Crippen MR) is 152 cm³/mol. The van der Waals surface area contributed by atoms with Gasteiger partial charge in [0.15, 0.2) is 11.5 Å². The summed E-state index contributed by atoms with van der Waals surface area (Å²) in [7, 11) is 4.73. The summed E-state index contributed by atoms with van der Waals surface area (Å²) >= 11 is 6.45. The van der Waals surface area contributed by atoms with Crippen LogP contribution < -0.4 is 20.1 Å². The van der Waals surface area contributed by atoms with Crippen molar-refractivity contribution in [2.75, 3.05) is 38.4 Å². The van der Waals surface area contributed by atoms with Crippen LogP contribution in [-0.4, -0.2) is 54.4 Å². The molecule has 1 aliphatic rings. The first-order valence-corrected chi connectivity index (χ1v) is 12.7. The number of amides is 2. The topological polar surface area (TPSA) is 115 Å². The fraction of sp³-hybridized carbons (Fsp3) is 0.207. The molecule has 11 heteroatoms. The Morgan fingerprint density at radius 1 is 1.15 bits per heavy atom. The molecule has 5 rings (SSSR count). The summed E-state index contributed by atoms with van der Waals surface area (Å²) in [4.78, 5) is 40.5. The van der Waals surface area contributed by atoms with E-state index in [0.29, 0.717) is 45.3 Å². The Balaban J connectivity index is 1.42. The number of para-hydroxylation sites is 1. The second-order valence-electron chi connectivity index (χ2n) is 9.45. The minimum Gasteiger partial charge on any atom is -0.494 e. The molecule has 2 amide bonds. The lowest BCUT2D eigenvalue weighted by molar-refractivity contribution is -0.117. The highest BCUT2D eigenvalue weighted by molar-refractivity contribution is 6.32. The minimum atomic E-state index is -0.349. The number of nitrogens with two attached hydrogens (primary N) is 1. The number of hydrogen-bond donors (Lipinski definition) is 1. The molecule has 2 heterocycles. The van der Waals surface area contributed by atoms with Crippen LogP contribution in [0.4, 0.5) is 17.2 Å². The molecule has 3 aromatic carbocycles. The number of benzene rings is 3. The summed E-state index contributed by atoms with van der Waals surface area (Å²) in [5, 5.41) is 0.919. The number of rotatable bonds is 6. The molecule has 0 spiro atoms. The predicted octanol–water partition coefficient (Wildman–Crippen LogP) is 5.44. The SMILES string of the molecule is [C-]#[N+]c1cccc(OC)c1Oc1cc([C@H]2CC(=O)N(c3ccc4nc(C(=O)N(C)C)nc(N)c4c3)C2)ccc1Cl. The third-order valence-electron chi connectivity index (χ3n) is 6.68. The van der Waals surface area contributed by atoms with Gasteiger partial charge in [0, 0.05) is 44.1 Å². The van der Waals surface area contributed by atoms with Crippen LogP contribution in [0.15, 0.2) is 54.6 Å². The van der Waals surface area contributed by atoms with Crippen LogP contribution in [-0.2, 0) is 4.79 Å². The number of carbonyl (C=O) groups is 2. The van der Waals surface area contributed by atoms with Crippen LogP contribution in [0.2, 0.25) is 5.02 Å². The number of methoxy groups -OCH3 is 1. The average Bonchev–Trinajstić information content (AvgIpc) is 3.34. The molecule has 1 aromatic heterocycles. The molecule has 0 aliphatic carbocycles. The molecule has 2 N–H and O–H groups in total. The molecule has 40 heavy (non-hydrogen) atoms. The standard InChI is InChI=1S/C29H25ClN6O4/c1-32-22-6-5-7-23(39-4)26(22)40-24-12-16(8-10-20(24)30)17-13-25(37)36(15-17)18-9-11-21-19(14-18)27(31)34-28(33-21)29(38)35(2)3/h5-12,14,17H,13,15H2,2-4H3,(H2,31,33,34)/t17-/m0/s1. The molecule has 0 radical (unpaired) electrons. The molecule has 0 bridgehead atoms. The first-order valence-electron chi connectivity index (χ1n) is 12.3. The Hall–Kier alpha value is -4.88. The van der Waals surface area contributed by atoms with Crippen molar-refractivity contribution in [3.05, 3.63) is 82.4 Å². The van der Waals surface area contributed by atoms with Crippen LogP contribution in [0.5, 0.6) is 17.2 Å². The number of ether oxygens (including phenoxy) is 2. The van der Waals surface area contributed by atoms with Crippen molar-refractivity contribution in [3.8, 4) is 17.2 Å². The highest BCUT2D eigenvalue weighted by Crippen LogP contribution is 2.43. The number of carbonyl (C=O) groups excluding carboxylic acids is 2. The molecule has 0 unspecified atom stereocenters. The molecule has 1 aliphatic heterocycles. The Morgan fingerprint density at radius 3 is 2.67 bits per heavy atom. The van der Waals surface area contributed by atoms with E-state index in [0.717, 1.165) is 5.56 Å². The van der Waals surface area contributed by atoms with E-state index in [4.69, 9.17) is 33.4 Å². The van der Waals surface area contributed by atoms with Crippen LogP contribution in [0, 0.1) is 6.57 Å². The maximum absolute atomic E-state index is 13.1. The summed E-state index contributed by atoms with van der Waals surface area (Å²) in [6.45, 7) is 7.89. The Labute approximate surface area is 235 Å². The lowest BCUT2D eigenvalue weighted by atomic mass is 9.98. The Bertz CT molecular complexity index is 1700. The number of nitrogens with zero attached hydrogens (tertiary/aromatic N) is 5. The van der Waals surface area contributed by atoms with Crippen molar-refractivity contribution in [2.45, 2.75) is 12.3 Å². The van der Waals surface area contributed by atoms with Crippen molar-refractivity contribution in [2.24, 2.45) is 0 Å². The number of nitrogen functional groups attached to an aromatic ring is 1. The van der Waals surface area contributed by atoms with Crippen LogP contribution >= 0.6 is 11.6 Å². The average molecular weight is 557 g/mol. The zero-order chi connectivity index (χ0) is 28.6. The quantitative estimate of drug-likeness (QED) is 0.314. The molecule has 202 valence electrons. The van der Waals surface area contributed by atoms with Gasteiger partial charge in [-0.3, -0.25) is 9.59 Å². The Kier molecular flexibility index (Phi) is 7.15. The van der Waals surface area contributed by atoms with E-state index in [2.05, 4.69) is 14.8 Å². The molecule has 0 saturated carbocycles. The lowest BCUT2D eigenvalue weighted by Crippen LogP contribution is -2.25. The minimum absolute atomic E-state index is 0.0115. The monoisotopic (exact) mass is 556 g/mol.